The smallest absolute Gasteiger partial charge is 0.0684 e. The van der Waals surface area contributed by atoms with Gasteiger partial charge in [0.05, 0.1) is 11.8 Å². The maximum absolute atomic E-state index is 5.93. The summed E-state index contributed by atoms with van der Waals surface area (Å²) in [6.07, 6.45) is 6.01. The van der Waals surface area contributed by atoms with E-state index < -0.39 is 0 Å². The topological polar surface area (TPSA) is 39.1 Å². The van der Waals surface area contributed by atoms with Crippen molar-refractivity contribution >= 4 is 0 Å². The Balaban J connectivity index is 1.52. The molecule has 2 heterocycles. The Morgan fingerprint density at radius 3 is 3.11 bits per heavy atom. The zero-order chi connectivity index (χ0) is 13.5. The van der Waals surface area contributed by atoms with Crippen LogP contribution in [0.1, 0.15) is 32.4 Å². The van der Waals surface area contributed by atoms with Gasteiger partial charge in [0.2, 0.25) is 0 Å². The molecule has 1 saturated heterocycles. The van der Waals surface area contributed by atoms with Crippen molar-refractivity contribution in [1.82, 2.24) is 15.1 Å². The lowest BCUT2D eigenvalue weighted by atomic mass is 9.55. The van der Waals surface area contributed by atoms with Gasteiger partial charge in [-0.2, -0.15) is 5.10 Å². The molecule has 106 valence electrons. The average Bonchev–Trinajstić information content (AvgIpc) is 2.80. The number of rotatable bonds is 4. The third kappa shape index (κ3) is 2.32. The Kier molecular flexibility index (Phi) is 3.39. The molecule has 4 heteroatoms. The van der Waals surface area contributed by atoms with E-state index in [4.69, 9.17) is 4.74 Å². The number of nitrogens with one attached hydrogen (secondary N) is 1. The van der Waals surface area contributed by atoms with Crippen LogP contribution < -0.4 is 5.32 Å². The quantitative estimate of drug-likeness (QED) is 0.899. The van der Waals surface area contributed by atoms with Gasteiger partial charge in [-0.15, -0.1) is 0 Å². The van der Waals surface area contributed by atoms with Crippen molar-refractivity contribution in [2.24, 2.45) is 18.4 Å². The number of nitrogens with zero attached hydrogens (tertiary/aromatic N) is 2. The van der Waals surface area contributed by atoms with Gasteiger partial charge in [0, 0.05) is 50.2 Å². The molecule has 1 saturated carbocycles. The summed E-state index contributed by atoms with van der Waals surface area (Å²) in [5.41, 5.74) is 1.44. The van der Waals surface area contributed by atoms with Crippen LogP contribution in [0.3, 0.4) is 0 Å². The van der Waals surface area contributed by atoms with Crippen molar-refractivity contribution < 1.29 is 4.74 Å². The molecule has 1 aromatic rings. The normalized spacial score (nSPS) is 32.7. The van der Waals surface area contributed by atoms with E-state index in [0.717, 1.165) is 19.6 Å². The lowest BCUT2D eigenvalue weighted by molar-refractivity contribution is -0.192. The van der Waals surface area contributed by atoms with Gasteiger partial charge in [-0.3, -0.25) is 4.68 Å². The number of aryl methyl sites for hydroxylation is 1. The molecule has 19 heavy (non-hydrogen) atoms. The fourth-order valence-corrected chi connectivity index (χ4v) is 3.89. The molecular formula is C15H25N3O. The summed E-state index contributed by atoms with van der Waals surface area (Å²) in [5, 5.41) is 8.16. The Morgan fingerprint density at radius 2 is 2.37 bits per heavy atom. The second-order valence-corrected chi connectivity index (χ2v) is 6.58. The Hall–Kier alpha value is -0.870. The molecule has 0 amide bonds. The van der Waals surface area contributed by atoms with Gasteiger partial charge in [-0.1, -0.05) is 13.8 Å². The molecule has 0 aromatic carbocycles. The molecule has 0 spiro atoms. The van der Waals surface area contributed by atoms with E-state index in [1.807, 2.05) is 17.9 Å². The Labute approximate surface area is 115 Å². The molecule has 4 nitrogen and oxygen atoms in total. The Morgan fingerprint density at radius 1 is 1.53 bits per heavy atom. The molecule has 1 aliphatic carbocycles. The van der Waals surface area contributed by atoms with Crippen LogP contribution in [0.2, 0.25) is 0 Å². The third-order valence-electron chi connectivity index (χ3n) is 4.85. The summed E-state index contributed by atoms with van der Waals surface area (Å²) in [7, 11) is 1.97. The lowest BCUT2D eigenvalue weighted by Gasteiger charge is -2.60. The van der Waals surface area contributed by atoms with Crippen molar-refractivity contribution in [3.63, 3.8) is 0 Å². The van der Waals surface area contributed by atoms with Crippen LogP contribution in [-0.2, 0) is 18.2 Å². The molecule has 2 fully saturated rings. The molecule has 0 radical (unpaired) electrons. The van der Waals surface area contributed by atoms with Gasteiger partial charge < -0.3 is 10.1 Å². The zero-order valence-electron chi connectivity index (χ0n) is 12.2. The van der Waals surface area contributed by atoms with Crippen molar-refractivity contribution in [3.8, 4) is 0 Å². The first-order valence-electron chi connectivity index (χ1n) is 7.42. The molecule has 3 rings (SSSR count). The first-order chi connectivity index (χ1) is 9.09. The molecule has 0 bridgehead atoms. The van der Waals surface area contributed by atoms with E-state index in [1.54, 1.807) is 0 Å². The standard InChI is InChI=1S/C15H25N3O/c1-15(2)13(12-5-4-10-19-14(12)15)16-8-6-11-7-9-18(3)17-11/h7,9,12-14,16H,4-6,8,10H2,1-3H3. The minimum absolute atomic E-state index is 0.273. The largest absolute Gasteiger partial charge is 0.377 e. The molecule has 1 aliphatic heterocycles. The van der Waals surface area contributed by atoms with Crippen LogP contribution in [0.4, 0.5) is 0 Å². The summed E-state index contributed by atoms with van der Waals surface area (Å²) in [4.78, 5) is 0. The fraction of sp³-hybridized carbons (Fsp3) is 0.800. The second-order valence-electron chi connectivity index (χ2n) is 6.58. The number of fused-ring (bicyclic) bond motifs is 1. The van der Waals surface area contributed by atoms with E-state index in [1.165, 1.54) is 18.5 Å². The van der Waals surface area contributed by atoms with Crippen LogP contribution in [0.25, 0.3) is 0 Å². The Bertz CT molecular complexity index is 440. The molecule has 3 atom stereocenters. The summed E-state index contributed by atoms with van der Waals surface area (Å²) >= 11 is 0. The summed E-state index contributed by atoms with van der Waals surface area (Å²) < 4.78 is 7.80. The predicted molar refractivity (Wildman–Crippen MR) is 74.9 cm³/mol. The zero-order valence-corrected chi connectivity index (χ0v) is 12.2. The van der Waals surface area contributed by atoms with Gasteiger partial charge in [-0.05, 0) is 18.9 Å². The fourth-order valence-electron chi connectivity index (χ4n) is 3.89. The highest BCUT2D eigenvalue weighted by Crippen LogP contribution is 2.51. The van der Waals surface area contributed by atoms with Crippen molar-refractivity contribution in [2.45, 2.75) is 45.3 Å². The number of hydrogen-bond donors (Lipinski definition) is 1. The second kappa shape index (κ2) is 4.91. The van der Waals surface area contributed by atoms with Gasteiger partial charge in [0.1, 0.15) is 0 Å². The monoisotopic (exact) mass is 263 g/mol. The molecule has 3 unspecified atom stereocenters. The van der Waals surface area contributed by atoms with Crippen molar-refractivity contribution in [1.29, 1.82) is 0 Å². The van der Waals surface area contributed by atoms with Crippen LogP contribution in [0, 0.1) is 11.3 Å². The van der Waals surface area contributed by atoms with Crippen molar-refractivity contribution in [2.75, 3.05) is 13.2 Å². The SMILES string of the molecule is Cn1ccc(CCNC2C3CCCOC3C2(C)C)n1. The van der Waals surface area contributed by atoms with Gasteiger partial charge >= 0.3 is 0 Å². The van der Waals surface area contributed by atoms with Crippen LogP contribution >= 0.6 is 0 Å². The maximum atomic E-state index is 5.93. The lowest BCUT2D eigenvalue weighted by Crippen LogP contribution is -2.69. The van der Waals surface area contributed by atoms with E-state index in [9.17, 15) is 0 Å². The van der Waals surface area contributed by atoms with E-state index in [2.05, 4.69) is 30.3 Å². The number of hydrogen-bond acceptors (Lipinski definition) is 3. The minimum atomic E-state index is 0.273. The summed E-state index contributed by atoms with van der Waals surface area (Å²) in [6, 6.07) is 2.70. The highest BCUT2D eigenvalue weighted by Gasteiger charge is 2.57. The van der Waals surface area contributed by atoms with E-state index in [-0.39, 0.29) is 5.41 Å². The highest BCUT2D eigenvalue weighted by atomic mass is 16.5. The number of aromatic nitrogens is 2. The predicted octanol–water partition coefficient (Wildman–Crippen LogP) is 1.76. The summed E-state index contributed by atoms with van der Waals surface area (Å²) in [6.45, 7) is 6.62. The highest BCUT2D eigenvalue weighted by molar-refractivity contribution is 5.10. The van der Waals surface area contributed by atoms with E-state index in [0.29, 0.717) is 18.1 Å². The van der Waals surface area contributed by atoms with Crippen LogP contribution in [0.5, 0.6) is 0 Å². The van der Waals surface area contributed by atoms with Gasteiger partial charge in [0.25, 0.3) is 0 Å². The molecule has 1 N–H and O–H groups in total. The first kappa shape index (κ1) is 13.1. The van der Waals surface area contributed by atoms with Crippen LogP contribution in [0.15, 0.2) is 12.3 Å². The van der Waals surface area contributed by atoms with Crippen molar-refractivity contribution in [3.05, 3.63) is 18.0 Å². The molecule has 1 aromatic heterocycles. The summed E-state index contributed by atoms with van der Waals surface area (Å²) in [5.74, 6) is 0.715. The maximum Gasteiger partial charge on any atom is 0.0684 e. The average molecular weight is 263 g/mol. The first-order valence-corrected chi connectivity index (χ1v) is 7.42. The van der Waals surface area contributed by atoms with Gasteiger partial charge in [-0.25, -0.2) is 0 Å². The number of ether oxygens (including phenoxy) is 1. The molecule has 2 aliphatic rings. The minimum Gasteiger partial charge on any atom is -0.377 e. The molecular weight excluding hydrogens is 238 g/mol. The van der Waals surface area contributed by atoms with Crippen LogP contribution in [-0.4, -0.2) is 35.1 Å². The van der Waals surface area contributed by atoms with E-state index >= 15 is 0 Å². The third-order valence-corrected chi connectivity index (χ3v) is 4.85. The van der Waals surface area contributed by atoms with Gasteiger partial charge in [0.15, 0.2) is 0 Å².